The van der Waals surface area contributed by atoms with Gasteiger partial charge in [-0.05, 0) is 18.2 Å². The standard InChI is InChI=1S/C12H11BrO3/c1-16-10-5-6-11(12(14)15)9(8-10)4-2-3-7-13/h5-6,8H,3,7H2,1H3,(H,14,15). The number of methoxy groups -OCH3 is 1. The van der Waals surface area contributed by atoms with Gasteiger partial charge >= 0.3 is 5.97 Å². The molecule has 0 saturated heterocycles. The second kappa shape index (κ2) is 6.19. The SMILES string of the molecule is COc1ccc(C(=O)O)c(C#CCCBr)c1. The van der Waals surface area contributed by atoms with Gasteiger partial charge in [-0.2, -0.15) is 0 Å². The second-order valence-electron chi connectivity index (χ2n) is 2.96. The molecule has 16 heavy (non-hydrogen) atoms. The monoisotopic (exact) mass is 282 g/mol. The van der Waals surface area contributed by atoms with Crippen molar-refractivity contribution in [3.63, 3.8) is 0 Å². The summed E-state index contributed by atoms with van der Waals surface area (Å²) in [5.41, 5.74) is 0.677. The van der Waals surface area contributed by atoms with Gasteiger partial charge in [-0.25, -0.2) is 4.79 Å². The molecule has 0 amide bonds. The molecule has 4 heteroatoms. The summed E-state index contributed by atoms with van der Waals surface area (Å²) in [7, 11) is 1.53. The Kier molecular flexibility index (Phi) is 4.87. The van der Waals surface area contributed by atoms with Gasteiger partial charge in [-0.3, -0.25) is 0 Å². The Hall–Kier alpha value is -1.47. The van der Waals surface area contributed by atoms with Gasteiger partial charge in [0.1, 0.15) is 5.75 Å². The lowest BCUT2D eigenvalue weighted by atomic mass is 10.1. The number of carbonyl (C=O) groups is 1. The predicted octanol–water partition coefficient (Wildman–Crippen LogP) is 2.53. The molecule has 0 fully saturated rings. The normalized spacial score (nSPS) is 9.12. The van der Waals surface area contributed by atoms with Crippen molar-refractivity contribution < 1.29 is 14.6 Å². The van der Waals surface area contributed by atoms with Crippen LogP contribution in [-0.4, -0.2) is 23.5 Å². The summed E-state index contributed by atoms with van der Waals surface area (Å²) in [6.45, 7) is 0. The topological polar surface area (TPSA) is 46.5 Å². The van der Waals surface area contributed by atoms with Crippen LogP contribution in [0.15, 0.2) is 18.2 Å². The largest absolute Gasteiger partial charge is 0.497 e. The minimum absolute atomic E-state index is 0.197. The maximum Gasteiger partial charge on any atom is 0.336 e. The number of benzene rings is 1. The molecule has 0 aliphatic heterocycles. The van der Waals surface area contributed by atoms with E-state index in [4.69, 9.17) is 9.84 Å². The number of rotatable bonds is 3. The van der Waals surface area contributed by atoms with Gasteiger partial charge in [0, 0.05) is 17.3 Å². The first-order valence-electron chi connectivity index (χ1n) is 4.65. The zero-order valence-corrected chi connectivity index (χ0v) is 10.4. The number of halogens is 1. The maximum absolute atomic E-state index is 10.9. The molecule has 0 saturated carbocycles. The van der Waals surface area contributed by atoms with E-state index in [9.17, 15) is 4.79 Å². The number of hydrogen-bond acceptors (Lipinski definition) is 2. The zero-order valence-electron chi connectivity index (χ0n) is 8.79. The van der Waals surface area contributed by atoms with Gasteiger partial charge < -0.3 is 9.84 Å². The summed E-state index contributed by atoms with van der Waals surface area (Å²) < 4.78 is 5.03. The minimum atomic E-state index is -0.981. The van der Waals surface area contributed by atoms with Crippen molar-refractivity contribution in [2.75, 3.05) is 12.4 Å². The predicted molar refractivity (Wildman–Crippen MR) is 65.2 cm³/mol. The number of carboxylic acids is 1. The Morgan fingerprint density at radius 3 is 2.88 bits per heavy atom. The van der Waals surface area contributed by atoms with Crippen molar-refractivity contribution in [2.24, 2.45) is 0 Å². The van der Waals surface area contributed by atoms with E-state index in [1.165, 1.54) is 13.2 Å². The fourth-order valence-electron chi connectivity index (χ4n) is 1.15. The van der Waals surface area contributed by atoms with Crippen LogP contribution < -0.4 is 4.74 Å². The minimum Gasteiger partial charge on any atom is -0.497 e. The Morgan fingerprint density at radius 1 is 1.56 bits per heavy atom. The van der Waals surface area contributed by atoms with Gasteiger partial charge in [0.25, 0.3) is 0 Å². The molecule has 1 N–H and O–H groups in total. The zero-order chi connectivity index (χ0) is 12.0. The van der Waals surface area contributed by atoms with E-state index in [1.54, 1.807) is 12.1 Å². The van der Waals surface area contributed by atoms with E-state index in [2.05, 4.69) is 27.8 Å². The van der Waals surface area contributed by atoms with Gasteiger partial charge in [0.05, 0.1) is 12.7 Å². The van der Waals surface area contributed by atoms with Gasteiger partial charge in [-0.1, -0.05) is 27.8 Å². The average molecular weight is 283 g/mol. The van der Waals surface area contributed by atoms with E-state index in [-0.39, 0.29) is 5.56 Å². The van der Waals surface area contributed by atoms with Crippen LogP contribution >= 0.6 is 15.9 Å². The molecule has 0 unspecified atom stereocenters. The molecular weight excluding hydrogens is 272 g/mol. The summed E-state index contributed by atoms with van der Waals surface area (Å²) in [4.78, 5) is 10.9. The molecule has 3 nitrogen and oxygen atoms in total. The molecule has 1 aromatic rings. The highest BCUT2D eigenvalue weighted by Gasteiger charge is 2.08. The summed E-state index contributed by atoms with van der Waals surface area (Å²) in [6.07, 6.45) is 0.677. The van der Waals surface area contributed by atoms with Crippen molar-refractivity contribution >= 4 is 21.9 Å². The number of aromatic carboxylic acids is 1. The van der Waals surface area contributed by atoms with Crippen molar-refractivity contribution in [1.82, 2.24) is 0 Å². The highest BCUT2D eigenvalue weighted by molar-refractivity contribution is 9.09. The van der Waals surface area contributed by atoms with Crippen molar-refractivity contribution in [2.45, 2.75) is 6.42 Å². The van der Waals surface area contributed by atoms with Crippen molar-refractivity contribution in [3.8, 4) is 17.6 Å². The van der Waals surface area contributed by atoms with E-state index in [0.717, 1.165) is 5.33 Å². The van der Waals surface area contributed by atoms with Crippen LogP contribution in [0.2, 0.25) is 0 Å². The summed E-state index contributed by atoms with van der Waals surface area (Å²) in [6, 6.07) is 4.74. The number of carboxylic acid groups (broad SMARTS) is 1. The second-order valence-corrected chi connectivity index (χ2v) is 3.75. The first-order chi connectivity index (χ1) is 7.69. The Labute approximate surface area is 103 Å². The molecule has 0 aromatic heterocycles. The Bertz CT molecular complexity index is 443. The van der Waals surface area contributed by atoms with Gasteiger partial charge in [-0.15, -0.1) is 0 Å². The van der Waals surface area contributed by atoms with Crippen LogP contribution in [0.25, 0.3) is 0 Å². The highest BCUT2D eigenvalue weighted by atomic mass is 79.9. The van der Waals surface area contributed by atoms with Crippen molar-refractivity contribution in [3.05, 3.63) is 29.3 Å². The molecular formula is C12H11BrO3. The van der Waals surface area contributed by atoms with Crippen LogP contribution in [0.5, 0.6) is 5.75 Å². The van der Waals surface area contributed by atoms with Crippen LogP contribution in [0, 0.1) is 11.8 Å². The molecule has 0 spiro atoms. The lowest BCUT2D eigenvalue weighted by Gasteiger charge is -2.03. The quantitative estimate of drug-likeness (QED) is 0.685. The number of hydrogen-bond donors (Lipinski definition) is 1. The first kappa shape index (κ1) is 12.6. The third-order valence-corrected chi connectivity index (χ3v) is 2.30. The van der Waals surface area contributed by atoms with E-state index >= 15 is 0 Å². The van der Waals surface area contributed by atoms with Crippen molar-refractivity contribution in [1.29, 1.82) is 0 Å². The van der Waals surface area contributed by atoms with Gasteiger partial charge in [0.15, 0.2) is 0 Å². The fourth-order valence-corrected chi connectivity index (χ4v) is 1.34. The Balaban J connectivity index is 3.11. The maximum atomic E-state index is 10.9. The molecule has 84 valence electrons. The average Bonchev–Trinajstić information content (AvgIpc) is 2.29. The summed E-state index contributed by atoms with van der Waals surface area (Å²) >= 11 is 3.26. The fraction of sp³-hybridized carbons (Fsp3) is 0.250. The van der Waals surface area contributed by atoms with Gasteiger partial charge in [0.2, 0.25) is 0 Å². The molecule has 0 aliphatic rings. The first-order valence-corrected chi connectivity index (χ1v) is 5.77. The molecule has 0 radical (unpaired) electrons. The molecule has 0 bridgehead atoms. The van der Waals surface area contributed by atoms with E-state index in [0.29, 0.717) is 17.7 Å². The number of alkyl halides is 1. The molecule has 1 aromatic carbocycles. The van der Waals surface area contributed by atoms with Crippen LogP contribution in [0.1, 0.15) is 22.3 Å². The van der Waals surface area contributed by atoms with Crippen LogP contribution in [0.4, 0.5) is 0 Å². The summed E-state index contributed by atoms with van der Waals surface area (Å²) in [5.74, 6) is 5.34. The lowest BCUT2D eigenvalue weighted by molar-refractivity contribution is 0.0696. The van der Waals surface area contributed by atoms with Crippen LogP contribution in [-0.2, 0) is 0 Å². The molecule has 0 atom stereocenters. The van der Waals surface area contributed by atoms with Crippen LogP contribution in [0.3, 0.4) is 0 Å². The van der Waals surface area contributed by atoms with E-state index in [1.807, 2.05) is 0 Å². The van der Waals surface area contributed by atoms with E-state index < -0.39 is 5.97 Å². The smallest absolute Gasteiger partial charge is 0.336 e. The number of ether oxygens (including phenoxy) is 1. The highest BCUT2D eigenvalue weighted by Crippen LogP contribution is 2.17. The third-order valence-electron chi connectivity index (χ3n) is 1.90. The molecule has 0 aliphatic carbocycles. The summed E-state index contributed by atoms with van der Waals surface area (Å²) in [5, 5.41) is 9.74. The third kappa shape index (κ3) is 3.28. The Morgan fingerprint density at radius 2 is 2.31 bits per heavy atom. The lowest BCUT2D eigenvalue weighted by Crippen LogP contribution is -2.00. The molecule has 1 rings (SSSR count). The molecule has 0 heterocycles.